The van der Waals surface area contributed by atoms with Crippen LogP contribution in [-0.4, -0.2) is 12.2 Å². The van der Waals surface area contributed by atoms with E-state index in [1.165, 1.54) is 12.1 Å². The van der Waals surface area contributed by atoms with Crippen LogP contribution in [-0.2, 0) is 4.74 Å². The molecule has 0 amide bonds. The van der Waals surface area contributed by atoms with Crippen LogP contribution >= 0.6 is 15.9 Å². The number of hydrogen-bond donors (Lipinski definition) is 2. The highest BCUT2D eigenvalue weighted by Crippen LogP contribution is 2.39. The van der Waals surface area contributed by atoms with Gasteiger partial charge in [0.15, 0.2) is 0 Å². The summed E-state index contributed by atoms with van der Waals surface area (Å²) in [5.41, 5.74) is 1.72. The molecule has 1 saturated heterocycles. The Morgan fingerprint density at radius 1 is 1.42 bits per heavy atom. The molecule has 106 valence electrons. The normalized spacial score (nSPS) is 25.3. The topological polar surface area (TPSA) is 47.3 Å². The van der Waals surface area contributed by atoms with Crippen LogP contribution in [0, 0.1) is 11.6 Å². The van der Waals surface area contributed by atoms with Crippen molar-refractivity contribution >= 4 is 15.9 Å². The summed E-state index contributed by atoms with van der Waals surface area (Å²) in [6.07, 6.45) is 2.61. The molecule has 1 heterocycles. The number of hydrazine groups is 1. The third-order valence-corrected chi connectivity index (χ3v) is 4.26. The number of rotatable bonds is 3. The number of halogens is 3. The molecular weight excluding hydrogens is 318 g/mol. The van der Waals surface area contributed by atoms with Gasteiger partial charge in [-0.25, -0.2) is 14.2 Å². The summed E-state index contributed by atoms with van der Waals surface area (Å²) >= 11 is 3.07. The van der Waals surface area contributed by atoms with E-state index in [1.54, 1.807) is 0 Å². The number of hydrogen-bond acceptors (Lipinski definition) is 3. The summed E-state index contributed by atoms with van der Waals surface area (Å²) in [7, 11) is 0. The zero-order valence-electron chi connectivity index (χ0n) is 10.7. The zero-order chi connectivity index (χ0) is 14.0. The maximum absolute atomic E-state index is 14.2. The minimum atomic E-state index is -0.731. The lowest BCUT2D eigenvalue weighted by molar-refractivity contribution is -0.0911. The molecule has 19 heavy (non-hydrogen) atoms. The summed E-state index contributed by atoms with van der Waals surface area (Å²) in [5, 5.41) is 0. The minimum Gasteiger partial charge on any atom is -0.373 e. The first kappa shape index (κ1) is 14.8. The van der Waals surface area contributed by atoms with Crippen molar-refractivity contribution in [1.29, 1.82) is 0 Å². The molecule has 0 spiro atoms. The highest BCUT2D eigenvalue weighted by Gasteiger charge is 2.40. The van der Waals surface area contributed by atoms with Crippen molar-refractivity contribution in [3.8, 4) is 0 Å². The van der Waals surface area contributed by atoms with Gasteiger partial charge in [0, 0.05) is 12.2 Å². The Labute approximate surface area is 119 Å². The molecule has 2 atom stereocenters. The third-order valence-electron chi connectivity index (χ3n) is 3.64. The first-order valence-electron chi connectivity index (χ1n) is 6.23. The molecule has 0 radical (unpaired) electrons. The maximum Gasteiger partial charge on any atom is 0.145 e. The Morgan fingerprint density at radius 3 is 2.74 bits per heavy atom. The fraction of sp³-hybridized carbons (Fsp3) is 0.538. The quantitative estimate of drug-likeness (QED) is 0.507. The Morgan fingerprint density at radius 2 is 2.16 bits per heavy atom. The van der Waals surface area contributed by atoms with Gasteiger partial charge in [-0.3, -0.25) is 5.84 Å². The van der Waals surface area contributed by atoms with Gasteiger partial charge in [0.1, 0.15) is 11.6 Å². The minimum absolute atomic E-state index is 0.0822. The van der Waals surface area contributed by atoms with E-state index >= 15 is 0 Å². The van der Waals surface area contributed by atoms with Gasteiger partial charge in [0.05, 0.1) is 16.1 Å². The molecule has 1 aliphatic heterocycles. The van der Waals surface area contributed by atoms with Gasteiger partial charge >= 0.3 is 0 Å². The van der Waals surface area contributed by atoms with Gasteiger partial charge < -0.3 is 4.74 Å². The lowest BCUT2D eigenvalue weighted by atomic mass is 9.84. The fourth-order valence-electron chi connectivity index (χ4n) is 2.56. The van der Waals surface area contributed by atoms with Crippen LogP contribution in [0.15, 0.2) is 16.6 Å². The van der Waals surface area contributed by atoms with Crippen molar-refractivity contribution in [2.75, 3.05) is 6.61 Å². The summed E-state index contributed by atoms with van der Waals surface area (Å²) < 4.78 is 34.1. The molecule has 1 aliphatic rings. The molecule has 0 aromatic heterocycles. The monoisotopic (exact) mass is 334 g/mol. The summed E-state index contributed by atoms with van der Waals surface area (Å²) in [5.74, 6) is 4.26. The SMILES string of the molecule is CC1(C(NN)c2c(F)ccc(Br)c2F)CCCCO1. The Hall–Kier alpha value is -0.560. The van der Waals surface area contributed by atoms with Gasteiger partial charge in [0.2, 0.25) is 0 Å². The van der Waals surface area contributed by atoms with Crippen LogP contribution in [0.2, 0.25) is 0 Å². The average Bonchev–Trinajstić information content (AvgIpc) is 2.40. The van der Waals surface area contributed by atoms with Gasteiger partial charge in [-0.05, 0) is 54.2 Å². The zero-order valence-corrected chi connectivity index (χ0v) is 12.3. The van der Waals surface area contributed by atoms with Gasteiger partial charge in [0.25, 0.3) is 0 Å². The fourth-order valence-corrected chi connectivity index (χ4v) is 2.90. The third kappa shape index (κ3) is 2.81. The van der Waals surface area contributed by atoms with E-state index in [-0.39, 0.29) is 10.0 Å². The number of ether oxygens (including phenoxy) is 1. The van der Waals surface area contributed by atoms with Crippen molar-refractivity contribution in [1.82, 2.24) is 5.43 Å². The van der Waals surface area contributed by atoms with Crippen molar-refractivity contribution in [3.63, 3.8) is 0 Å². The standard InChI is InChI=1S/C13H17BrF2N2O/c1-13(6-2-3-7-19-13)12(18-17)10-9(15)5-4-8(14)11(10)16/h4-5,12,18H,2-3,6-7,17H2,1H3. The summed E-state index contributed by atoms with van der Waals surface area (Å²) in [4.78, 5) is 0. The lowest BCUT2D eigenvalue weighted by Gasteiger charge is -2.40. The molecule has 6 heteroatoms. The van der Waals surface area contributed by atoms with E-state index < -0.39 is 23.3 Å². The molecule has 0 aliphatic carbocycles. The molecule has 2 rings (SSSR count). The van der Waals surface area contributed by atoms with Crippen LogP contribution in [0.1, 0.15) is 37.8 Å². The Balaban J connectivity index is 2.44. The molecule has 2 unspecified atom stereocenters. The van der Waals surface area contributed by atoms with Crippen LogP contribution < -0.4 is 11.3 Å². The van der Waals surface area contributed by atoms with E-state index in [0.717, 1.165) is 12.8 Å². The molecular formula is C13H17BrF2N2O. The van der Waals surface area contributed by atoms with Crippen molar-refractivity contribution in [3.05, 3.63) is 33.8 Å². The smallest absolute Gasteiger partial charge is 0.145 e. The van der Waals surface area contributed by atoms with Gasteiger partial charge in [-0.1, -0.05) is 0 Å². The van der Waals surface area contributed by atoms with Crippen LogP contribution in [0.5, 0.6) is 0 Å². The van der Waals surface area contributed by atoms with Crippen LogP contribution in [0.25, 0.3) is 0 Å². The molecule has 1 aromatic rings. The largest absolute Gasteiger partial charge is 0.373 e. The molecule has 0 bridgehead atoms. The van der Waals surface area contributed by atoms with Crippen LogP contribution in [0.3, 0.4) is 0 Å². The lowest BCUT2D eigenvalue weighted by Crippen LogP contribution is -2.49. The maximum atomic E-state index is 14.2. The number of benzene rings is 1. The summed E-state index contributed by atoms with van der Waals surface area (Å²) in [6, 6.07) is 1.83. The molecule has 3 nitrogen and oxygen atoms in total. The van der Waals surface area contributed by atoms with Crippen molar-refractivity contribution in [2.45, 2.75) is 37.8 Å². The predicted molar refractivity (Wildman–Crippen MR) is 72.3 cm³/mol. The van der Waals surface area contributed by atoms with E-state index in [1.807, 2.05) is 6.92 Å². The Kier molecular flexibility index (Phi) is 4.55. The molecule has 3 N–H and O–H groups in total. The first-order chi connectivity index (χ1) is 8.99. The number of nitrogens with two attached hydrogens (primary N) is 1. The first-order valence-corrected chi connectivity index (χ1v) is 7.02. The second-order valence-electron chi connectivity index (χ2n) is 4.97. The Bertz CT molecular complexity index is 464. The number of nitrogens with one attached hydrogen (secondary N) is 1. The molecule has 1 fully saturated rings. The highest BCUT2D eigenvalue weighted by atomic mass is 79.9. The van der Waals surface area contributed by atoms with E-state index in [2.05, 4.69) is 21.4 Å². The highest BCUT2D eigenvalue weighted by molar-refractivity contribution is 9.10. The predicted octanol–water partition coefficient (Wildman–Crippen LogP) is 3.19. The van der Waals surface area contributed by atoms with Crippen molar-refractivity contribution in [2.24, 2.45) is 5.84 Å². The summed E-state index contributed by atoms with van der Waals surface area (Å²) in [6.45, 7) is 2.41. The van der Waals surface area contributed by atoms with E-state index in [9.17, 15) is 8.78 Å². The second kappa shape index (κ2) is 5.83. The molecule has 1 aromatic carbocycles. The van der Waals surface area contributed by atoms with E-state index in [4.69, 9.17) is 10.6 Å². The van der Waals surface area contributed by atoms with E-state index in [0.29, 0.717) is 13.0 Å². The van der Waals surface area contributed by atoms with Crippen molar-refractivity contribution < 1.29 is 13.5 Å². The molecule has 0 saturated carbocycles. The van der Waals surface area contributed by atoms with Gasteiger partial charge in [-0.15, -0.1) is 0 Å². The average molecular weight is 335 g/mol. The van der Waals surface area contributed by atoms with Crippen LogP contribution in [0.4, 0.5) is 8.78 Å². The second-order valence-corrected chi connectivity index (χ2v) is 5.83. The van der Waals surface area contributed by atoms with Gasteiger partial charge in [-0.2, -0.15) is 0 Å².